The Morgan fingerprint density at radius 3 is 2.93 bits per heavy atom. The SMILES string of the molecule is O=C(/C=C/c1cccc([N+](=O)[O-])c1)Nc1cccc(OCC2CCCO2)c1. The van der Waals surface area contributed by atoms with Crippen LogP contribution in [0, 0.1) is 10.1 Å². The summed E-state index contributed by atoms with van der Waals surface area (Å²) in [7, 11) is 0. The minimum Gasteiger partial charge on any atom is -0.491 e. The van der Waals surface area contributed by atoms with E-state index in [4.69, 9.17) is 9.47 Å². The molecule has 1 aliphatic heterocycles. The van der Waals surface area contributed by atoms with E-state index in [2.05, 4.69) is 5.32 Å². The molecular weight excluding hydrogens is 348 g/mol. The maximum Gasteiger partial charge on any atom is 0.270 e. The Morgan fingerprint density at radius 1 is 1.30 bits per heavy atom. The van der Waals surface area contributed by atoms with E-state index in [9.17, 15) is 14.9 Å². The highest BCUT2D eigenvalue weighted by Crippen LogP contribution is 2.20. The average Bonchev–Trinajstić information content (AvgIpc) is 3.19. The molecule has 1 unspecified atom stereocenters. The Balaban J connectivity index is 1.56. The third-order valence-corrected chi connectivity index (χ3v) is 4.07. The summed E-state index contributed by atoms with van der Waals surface area (Å²) in [6.45, 7) is 1.27. The number of non-ortho nitro benzene ring substituents is 1. The quantitative estimate of drug-likeness (QED) is 0.456. The van der Waals surface area contributed by atoms with E-state index in [1.165, 1.54) is 24.3 Å². The zero-order chi connectivity index (χ0) is 19.1. The third kappa shape index (κ3) is 5.65. The van der Waals surface area contributed by atoms with Crippen molar-refractivity contribution in [1.29, 1.82) is 0 Å². The zero-order valence-electron chi connectivity index (χ0n) is 14.7. The van der Waals surface area contributed by atoms with Crippen molar-refractivity contribution in [2.24, 2.45) is 0 Å². The van der Waals surface area contributed by atoms with Crippen molar-refractivity contribution >= 4 is 23.4 Å². The minimum atomic E-state index is -0.473. The van der Waals surface area contributed by atoms with Crippen LogP contribution in [0.1, 0.15) is 18.4 Å². The summed E-state index contributed by atoms with van der Waals surface area (Å²) in [6, 6.07) is 13.2. The van der Waals surface area contributed by atoms with E-state index < -0.39 is 4.92 Å². The molecule has 1 aliphatic rings. The van der Waals surface area contributed by atoms with Crippen molar-refractivity contribution in [3.05, 3.63) is 70.3 Å². The zero-order valence-corrected chi connectivity index (χ0v) is 14.7. The molecule has 0 radical (unpaired) electrons. The molecule has 0 spiro atoms. The molecular formula is C20H20N2O5. The van der Waals surface area contributed by atoms with Gasteiger partial charge in [0.15, 0.2) is 0 Å². The van der Waals surface area contributed by atoms with Crippen molar-refractivity contribution in [2.45, 2.75) is 18.9 Å². The number of anilines is 1. The van der Waals surface area contributed by atoms with Gasteiger partial charge in [-0.1, -0.05) is 18.2 Å². The second-order valence-corrected chi connectivity index (χ2v) is 6.15. The van der Waals surface area contributed by atoms with Gasteiger partial charge in [0, 0.05) is 36.6 Å². The molecule has 1 N–H and O–H groups in total. The van der Waals surface area contributed by atoms with Gasteiger partial charge in [0.05, 0.1) is 11.0 Å². The lowest BCUT2D eigenvalue weighted by Gasteiger charge is -2.12. The van der Waals surface area contributed by atoms with Crippen molar-refractivity contribution in [2.75, 3.05) is 18.5 Å². The summed E-state index contributed by atoms with van der Waals surface area (Å²) < 4.78 is 11.2. The molecule has 0 aliphatic carbocycles. The van der Waals surface area contributed by atoms with Gasteiger partial charge < -0.3 is 14.8 Å². The number of nitro benzene ring substituents is 1. The first-order chi connectivity index (χ1) is 13.1. The van der Waals surface area contributed by atoms with Gasteiger partial charge in [-0.25, -0.2) is 0 Å². The smallest absolute Gasteiger partial charge is 0.270 e. The monoisotopic (exact) mass is 368 g/mol. The molecule has 0 bridgehead atoms. The van der Waals surface area contributed by atoms with Crippen LogP contribution >= 0.6 is 0 Å². The second-order valence-electron chi connectivity index (χ2n) is 6.15. The van der Waals surface area contributed by atoms with Crippen LogP contribution in [-0.4, -0.2) is 30.1 Å². The molecule has 27 heavy (non-hydrogen) atoms. The number of amides is 1. The largest absolute Gasteiger partial charge is 0.491 e. The number of hydrogen-bond donors (Lipinski definition) is 1. The summed E-state index contributed by atoms with van der Waals surface area (Å²) in [5, 5.41) is 13.5. The van der Waals surface area contributed by atoms with Crippen molar-refractivity contribution < 1.29 is 19.2 Å². The first-order valence-electron chi connectivity index (χ1n) is 8.68. The van der Waals surface area contributed by atoms with Gasteiger partial charge in [-0.3, -0.25) is 14.9 Å². The normalized spacial score (nSPS) is 16.4. The van der Waals surface area contributed by atoms with Crippen molar-refractivity contribution in [1.82, 2.24) is 0 Å². The first kappa shape index (κ1) is 18.6. The topological polar surface area (TPSA) is 90.7 Å². The Morgan fingerprint density at radius 2 is 2.15 bits per heavy atom. The Hall–Kier alpha value is -3.19. The summed E-state index contributed by atoms with van der Waals surface area (Å²) in [5.74, 6) is 0.323. The Bertz CT molecular complexity index is 844. The van der Waals surface area contributed by atoms with Gasteiger partial charge >= 0.3 is 0 Å². The number of nitrogens with one attached hydrogen (secondary N) is 1. The van der Waals surface area contributed by atoms with Crippen LogP contribution in [0.2, 0.25) is 0 Å². The van der Waals surface area contributed by atoms with E-state index in [0.717, 1.165) is 19.4 Å². The molecule has 1 fully saturated rings. The van der Waals surface area contributed by atoms with Crippen LogP contribution < -0.4 is 10.1 Å². The van der Waals surface area contributed by atoms with Crippen LogP contribution in [-0.2, 0) is 9.53 Å². The number of nitrogens with zero attached hydrogens (tertiary/aromatic N) is 1. The summed E-state index contributed by atoms with van der Waals surface area (Å²) in [4.78, 5) is 22.4. The highest BCUT2D eigenvalue weighted by Gasteiger charge is 2.16. The standard InChI is InChI=1S/C20H20N2O5/c23-20(10-9-15-4-1-6-17(12-15)22(24)25)21-16-5-2-7-18(13-16)27-14-19-8-3-11-26-19/h1-2,4-7,9-10,12-13,19H,3,8,11,14H2,(H,21,23)/b10-9+. The number of carbonyl (C=O) groups is 1. The van der Waals surface area contributed by atoms with Gasteiger partial charge in [-0.05, 0) is 36.6 Å². The molecule has 0 aromatic heterocycles. The second kappa shape index (κ2) is 8.95. The number of carbonyl (C=O) groups excluding carboxylic acids is 1. The van der Waals surface area contributed by atoms with Crippen LogP contribution in [0.25, 0.3) is 6.08 Å². The predicted octanol–water partition coefficient (Wildman–Crippen LogP) is 3.80. The Kier molecular flexibility index (Phi) is 6.17. The van der Waals surface area contributed by atoms with E-state index in [1.54, 1.807) is 30.3 Å². The highest BCUT2D eigenvalue weighted by molar-refractivity contribution is 6.02. The fourth-order valence-electron chi connectivity index (χ4n) is 2.73. The molecule has 2 aromatic rings. The van der Waals surface area contributed by atoms with Crippen LogP contribution in [0.3, 0.4) is 0 Å². The summed E-state index contributed by atoms with van der Waals surface area (Å²) in [6.07, 6.45) is 5.04. The molecule has 0 saturated carbocycles. The molecule has 1 amide bonds. The molecule has 7 nitrogen and oxygen atoms in total. The number of benzene rings is 2. The van der Waals surface area contributed by atoms with Gasteiger partial charge in [-0.2, -0.15) is 0 Å². The van der Waals surface area contributed by atoms with Crippen LogP contribution in [0.5, 0.6) is 5.75 Å². The minimum absolute atomic E-state index is 0.0198. The third-order valence-electron chi connectivity index (χ3n) is 4.07. The van der Waals surface area contributed by atoms with Gasteiger partial charge in [-0.15, -0.1) is 0 Å². The molecule has 1 atom stereocenters. The van der Waals surface area contributed by atoms with Crippen molar-refractivity contribution in [3.8, 4) is 5.75 Å². The lowest BCUT2D eigenvalue weighted by molar-refractivity contribution is -0.384. The molecule has 3 rings (SSSR count). The summed E-state index contributed by atoms with van der Waals surface area (Å²) >= 11 is 0. The van der Waals surface area contributed by atoms with Gasteiger partial charge in [0.1, 0.15) is 12.4 Å². The van der Waals surface area contributed by atoms with E-state index in [0.29, 0.717) is 23.6 Å². The average molecular weight is 368 g/mol. The lowest BCUT2D eigenvalue weighted by Crippen LogP contribution is -2.16. The van der Waals surface area contributed by atoms with E-state index >= 15 is 0 Å². The Labute approximate surface area is 156 Å². The van der Waals surface area contributed by atoms with Crippen LogP contribution in [0.4, 0.5) is 11.4 Å². The molecule has 1 heterocycles. The lowest BCUT2D eigenvalue weighted by atomic mass is 10.2. The first-order valence-corrected chi connectivity index (χ1v) is 8.68. The number of nitro groups is 1. The number of rotatable bonds is 7. The van der Waals surface area contributed by atoms with Gasteiger partial charge in [0.25, 0.3) is 5.69 Å². The number of hydrogen-bond acceptors (Lipinski definition) is 5. The molecule has 140 valence electrons. The molecule has 7 heteroatoms. The molecule has 2 aromatic carbocycles. The van der Waals surface area contributed by atoms with Crippen LogP contribution in [0.15, 0.2) is 54.6 Å². The summed E-state index contributed by atoms with van der Waals surface area (Å²) in [5.41, 5.74) is 1.16. The fourth-order valence-corrected chi connectivity index (χ4v) is 2.73. The maximum atomic E-state index is 12.1. The van der Waals surface area contributed by atoms with E-state index in [1.807, 2.05) is 6.07 Å². The highest BCUT2D eigenvalue weighted by atomic mass is 16.6. The van der Waals surface area contributed by atoms with Crippen molar-refractivity contribution in [3.63, 3.8) is 0 Å². The maximum absolute atomic E-state index is 12.1. The van der Waals surface area contributed by atoms with Gasteiger partial charge in [0.2, 0.25) is 5.91 Å². The molecule has 1 saturated heterocycles. The number of ether oxygens (including phenoxy) is 2. The predicted molar refractivity (Wildman–Crippen MR) is 102 cm³/mol. The fraction of sp³-hybridized carbons (Fsp3) is 0.250. The van der Waals surface area contributed by atoms with E-state index in [-0.39, 0.29) is 17.7 Å².